The summed E-state index contributed by atoms with van der Waals surface area (Å²) in [7, 11) is 0. The Bertz CT molecular complexity index is 268. The van der Waals surface area contributed by atoms with E-state index >= 15 is 0 Å². The SMILES string of the molecule is CC.Nc1ccc(C2CNCCO2)cn1. The van der Waals surface area contributed by atoms with Crippen LogP contribution in [0.25, 0.3) is 0 Å². The van der Waals surface area contributed by atoms with Crippen molar-refractivity contribution in [1.29, 1.82) is 0 Å². The predicted octanol–water partition coefficient (Wildman–Crippen LogP) is 1.35. The van der Waals surface area contributed by atoms with E-state index in [-0.39, 0.29) is 6.10 Å². The monoisotopic (exact) mass is 209 g/mol. The van der Waals surface area contributed by atoms with Crippen LogP contribution in [0.2, 0.25) is 0 Å². The molecule has 4 heteroatoms. The van der Waals surface area contributed by atoms with Gasteiger partial charge in [-0.15, -0.1) is 0 Å². The summed E-state index contributed by atoms with van der Waals surface area (Å²) in [6.07, 6.45) is 1.90. The van der Waals surface area contributed by atoms with E-state index in [4.69, 9.17) is 10.5 Å². The fraction of sp³-hybridized carbons (Fsp3) is 0.545. The van der Waals surface area contributed by atoms with Gasteiger partial charge in [-0.2, -0.15) is 0 Å². The first-order valence-electron chi connectivity index (χ1n) is 5.40. The van der Waals surface area contributed by atoms with Crippen molar-refractivity contribution in [2.45, 2.75) is 20.0 Å². The van der Waals surface area contributed by atoms with Crippen molar-refractivity contribution in [3.8, 4) is 0 Å². The number of pyridine rings is 1. The lowest BCUT2D eigenvalue weighted by atomic mass is 10.1. The van der Waals surface area contributed by atoms with Crippen molar-refractivity contribution in [1.82, 2.24) is 10.3 Å². The summed E-state index contributed by atoms with van der Waals surface area (Å²) in [5, 5.41) is 3.26. The van der Waals surface area contributed by atoms with Crippen molar-refractivity contribution in [3.05, 3.63) is 23.9 Å². The van der Waals surface area contributed by atoms with Gasteiger partial charge in [0.2, 0.25) is 0 Å². The van der Waals surface area contributed by atoms with E-state index in [0.29, 0.717) is 5.82 Å². The van der Waals surface area contributed by atoms with Crippen molar-refractivity contribution in [3.63, 3.8) is 0 Å². The molecule has 1 fully saturated rings. The predicted molar refractivity (Wildman–Crippen MR) is 61.6 cm³/mol. The van der Waals surface area contributed by atoms with Gasteiger partial charge in [0.25, 0.3) is 0 Å². The Morgan fingerprint density at radius 3 is 2.80 bits per heavy atom. The zero-order valence-electron chi connectivity index (χ0n) is 9.36. The van der Waals surface area contributed by atoms with Crippen molar-refractivity contribution in [2.75, 3.05) is 25.4 Å². The molecule has 1 aliphatic rings. The number of hydrogen-bond acceptors (Lipinski definition) is 4. The molecule has 0 radical (unpaired) electrons. The molecule has 84 valence electrons. The number of nitrogens with two attached hydrogens (primary N) is 1. The Labute approximate surface area is 90.8 Å². The summed E-state index contributed by atoms with van der Waals surface area (Å²) in [4.78, 5) is 4.02. The van der Waals surface area contributed by atoms with Crippen LogP contribution in [0.5, 0.6) is 0 Å². The Balaban J connectivity index is 0.000000531. The molecular formula is C11H19N3O. The van der Waals surface area contributed by atoms with Gasteiger partial charge in [0.15, 0.2) is 0 Å². The third-order valence-electron chi connectivity index (χ3n) is 2.11. The summed E-state index contributed by atoms with van der Waals surface area (Å²) in [6.45, 7) is 6.54. The van der Waals surface area contributed by atoms with Crippen LogP contribution in [-0.4, -0.2) is 24.7 Å². The van der Waals surface area contributed by atoms with Crippen LogP contribution in [0.3, 0.4) is 0 Å². The molecule has 2 rings (SSSR count). The normalized spacial score (nSPS) is 20.3. The minimum atomic E-state index is 0.127. The number of nitrogens with zero attached hydrogens (tertiary/aromatic N) is 1. The van der Waals surface area contributed by atoms with Gasteiger partial charge in [0.05, 0.1) is 12.7 Å². The number of anilines is 1. The second-order valence-corrected chi connectivity index (χ2v) is 3.08. The Kier molecular flexibility index (Phi) is 5.07. The second-order valence-electron chi connectivity index (χ2n) is 3.08. The number of nitrogen functional groups attached to an aromatic ring is 1. The second kappa shape index (κ2) is 6.37. The van der Waals surface area contributed by atoms with Gasteiger partial charge >= 0.3 is 0 Å². The largest absolute Gasteiger partial charge is 0.384 e. The Morgan fingerprint density at radius 1 is 1.47 bits per heavy atom. The van der Waals surface area contributed by atoms with Gasteiger partial charge in [0.1, 0.15) is 5.82 Å². The lowest BCUT2D eigenvalue weighted by Crippen LogP contribution is -2.33. The molecule has 1 saturated heterocycles. The fourth-order valence-electron chi connectivity index (χ4n) is 1.39. The highest BCUT2D eigenvalue weighted by molar-refractivity contribution is 5.30. The molecule has 1 atom stereocenters. The average molecular weight is 209 g/mol. The minimum Gasteiger partial charge on any atom is -0.384 e. The summed E-state index contributed by atoms with van der Waals surface area (Å²) >= 11 is 0. The third-order valence-corrected chi connectivity index (χ3v) is 2.11. The number of morpholine rings is 1. The summed E-state index contributed by atoms with van der Waals surface area (Å²) in [5.41, 5.74) is 6.57. The van der Waals surface area contributed by atoms with Gasteiger partial charge < -0.3 is 15.8 Å². The van der Waals surface area contributed by atoms with Crippen LogP contribution in [-0.2, 0) is 4.74 Å². The zero-order chi connectivity index (χ0) is 11.1. The summed E-state index contributed by atoms with van der Waals surface area (Å²) in [6, 6.07) is 3.76. The maximum atomic E-state index is 5.56. The molecule has 2 heterocycles. The Morgan fingerprint density at radius 2 is 2.27 bits per heavy atom. The highest BCUT2D eigenvalue weighted by Gasteiger charge is 2.15. The molecule has 1 aliphatic heterocycles. The van der Waals surface area contributed by atoms with Crippen molar-refractivity contribution in [2.24, 2.45) is 0 Å². The molecule has 15 heavy (non-hydrogen) atoms. The summed E-state index contributed by atoms with van der Waals surface area (Å²) in [5.74, 6) is 0.549. The van der Waals surface area contributed by atoms with Crippen molar-refractivity contribution >= 4 is 5.82 Å². The molecule has 0 bridgehead atoms. The summed E-state index contributed by atoms with van der Waals surface area (Å²) < 4.78 is 5.56. The van der Waals surface area contributed by atoms with E-state index < -0.39 is 0 Å². The van der Waals surface area contributed by atoms with E-state index in [2.05, 4.69) is 10.3 Å². The van der Waals surface area contributed by atoms with Gasteiger partial charge in [-0.05, 0) is 6.07 Å². The molecule has 0 aromatic carbocycles. The van der Waals surface area contributed by atoms with E-state index in [1.165, 1.54) is 0 Å². The van der Waals surface area contributed by atoms with E-state index in [1.54, 1.807) is 12.3 Å². The van der Waals surface area contributed by atoms with Crippen LogP contribution >= 0.6 is 0 Å². The number of nitrogens with one attached hydrogen (secondary N) is 1. The first kappa shape index (κ1) is 11.9. The molecule has 0 saturated carbocycles. The third kappa shape index (κ3) is 3.49. The first-order chi connectivity index (χ1) is 7.36. The number of hydrogen-bond donors (Lipinski definition) is 2. The Hall–Kier alpha value is -1.13. The maximum absolute atomic E-state index is 5.56. The molecule has 0 spiro atoms. The fourth-order valence-corrected chi connectivity index (χ4v) is 1.39. The average Bonchev–Trinajstić information content (AvgIpc) is 2.34. The van der Waals surface area contributed by atoms with Crippen LogP contribution < -0.4 is 11.1 Å². The van der Waals surface area contributed by atoms with Crippen LogP contribution in [0.4, 0.5) is 5.82 Å². The number of rotatable bonds is 1. The highest BCUT2D eigenvalue weighted by atomic mass is 16.5. The lowest BCUT2D eigenvalue weighted by molar-refractivity contribution is 0.0275. The quantitative estimate of drug-likeness (QED) is 0.733. The molecule has 4 nitrogen and oxygen atoms in total. The van der Waals surface area contributed by atoms with Crippen LogP contribution in [0.1, 0.15) is 25.5 Å². The molecular weight excluding hydrogens is 190 g/mol. The van der Waals surface area contributed by atoms with Crippen LogP contribution in [0, 0.1) is 0 Å². The molecule has 0 aliphatic carbocycles. The smallest absolute Gasteiger partial charge is 0.123 e. The lowest BCUT2D eigenvalue weighted by Gasteiger charge is -2.23. The number of aromatic nitrogens is 1. The molecule has 3 N–H and O–H groups in total. The number of ether oxygens (including phenoxy) is 1. The van der Waals surface area contributed by atoms with E-state index in [9.17, 15) is 0 Å². The zero-order valence-corrected chi connectivity index (χ0v) is 9.36. The van der Waals surface area contributed by atoms with Gasteiger partial charge in [0, 0.05) is 24.8 Å². The van der Waals surface area contributed by atoms with Gasteiger partial charge in [-0.25, -0.2) is 4.98 Å². The first-order valence-corrected chi connectivity index (χ1v) is 5.40. The van der Waals surface area contributed by atoms with Crippen LogP contribution in [0.15, 0.2) is 18.3 Å². The topological polar surface area (TPSA) is 60.2 Å². The van der Waals surface area contributed by atoms with Gasteiger partial charge in [-0.1, -0.05) is 19.9 Å². The van der Waals surface area contributed by atoms with E-state index in [1.807, 2.05) is 19.9 Å². The highest BCUT2D eigenvalue weighted by Crippen LogP contribution is 2.17. The molecule has 0 amide bonds. The molecule has 1 unspecified atom stereocenters. The van der Waals surface area contributed by atoms with Gasteiger partial charge in [-0.3, -0.25) is 0 Å². The maximum Gasteiger partial charge on any atom is 0.123 e. The standard InChI is InChI=1S/C9H13N3O.C2H6/c10-9-2-1-7(5-12-9)8-6-11-3-4-13-8;1-2/h1-2,5,8,11H,3-4,6H2,(H2,10,12);1-2H3. The molecule has 1 aromatic rings. The van der Waals surface area contributed by atoms with E-state index in [0.717, 1.165) is 25.3 Å². The molecule has 1 aromatic heterocycles. The minimum absolute atomic E-state index is 0.127. The van der Waals surface area contributed by atoms with Crippen molar-refractivity contribution < 1.29 is 4.74 Å².